The summed E-state index contributed by atoms with van der Waals surface area (Å²) in [6.45, 7) is 0. The molecule has 1 heterocycles. The van der Waals surface area contributed by atoms with Crippen LogP contribution >= 0.6 is 0 Å². The van der Waals surface area contributed by atoms with Crippen molar-refractivity contribution in [1.29, 1.82) is 0 Å². The van der Waals surface area contributed by atoms with Gasteiger partial charge in [0.2, 0.25) is 5.95 Å². The van der Waals surface area contributed by atoms with E-state index in [1.54, 1.807) is 18.2 Å². The normalized spacial score (nSPS) is 9.93. The van der Waals surface area contributed by atoms with Gasteiger partial charge in [-0.1, -0.05) is 5.92 Å². The maximum atomic E-state index is 11.4. The Morgan fingerprint density at radius 1 is 1.50 bits per heavy atom. The number of anilines is 1. The third-order valence-electron chi connectivity index (χ3n) is 1.89. The van der Waals surface area contributed by atoms with E-state index in [2.05, 4.69) is 15.9 Å². The summed E-state index contributed by atoms with van der Waals surface area (Å²) in [7, 11) is 0. The van der Waals surface area contributed by atoms with Crippen LogP contribution in [0.5, 0.6) is 0 Å². The predicted molar refractivity (Wildman–Crippen MR) is 54.7 cm³/mol. The quantitative estimate of drug-likeness (QED) is 0.586. The third kappa shape index (κ3) is 1.21. The number of rotatable bonds is 0. The maximum Gasteiger partial charge on any atom is 0.260 e. The lowest BCUT2D eigenvalue weighted by molar-refractivity contribution is 1.19. The van der Waals surface area contributed by atoms with E-state index in [1.807, 2.05) is 0 Å². The molecule has 68 valence electrons. The van der Waals surface area contributed by atoms with Gasteiger partial charge < -0.3 is 5.73 Å². The highest BCUT2D eigenvalue weighted by atomic mass is 16.1. The van der Waals surface area contributed by atoms with Gasteiger partial charge in [-0.2, -0.15) is 0 Å². The Hall–Kier alpha value is -2.28. The van der Waals surface area contributed by atoms with Gasteiger partial charge in [-0.25, -0.2) is 4.98 Å². The van der Waals surface area contributed by atoms with Gasteiger partial charge in [-0.05, 0) is 18.2 Å². The van der Waals surface area contributed by atoms with Crippen LogP contribution in [0.4, 0.5) is 5.95 Å². The smallest absolute Gasteiger partial charge is 0.260 e. The monoisotopic (exact) mass is 185 g/mol. The molecule has 0 bridgehead atoms. The molecule has 3 N–H and O–H groups in total. The van der Waals surface area contributed by atoms with Crippen molar-refractivity contribution in [2.24, 2.45) is 0 Å². The number of nitrogens with one attached hydrogen (secondary N) is 1. The summed E-state index contributed by atoms with van der Waals surface area (Å²) in [5, 5.41) is 0.453. The van der Waals surface area contributed by atoms with E-state index in [0.717, 1.165) is 0 Å². The van der Waals surface area contributed by atoms with Crippen LogP contribution in [0.1, 0.15) is 5.56 Å². The molecule has 0 saturated carbocycles. The van der Waals surface area contributed by atoms with Crippen molar-refractivity contribution in [1.82, 2.24) is 9.97 Å². The van der Waals surface area contributed by atoms with Gasteiger partial charge in [0.1, 0.15) is 0 Å². The molecule has 0 atom stereocenters. The molecule has 4 nitrogen and oxygen atoms in total. The second kappa shape index (κ2) is 2.89. The molecule has 0 fully saturated rings. The minimum Gasteiger partial charge on any atom is -0.369 e. The second-order valence-corrected chi connectivity index (χ2v) is 2.83. The van der Waals surface area contributed by atoms with Crippen LogP contribution in [0.3, 0.4) is 0 Å². The van der Waals surface area contributed by atoms with E-state index >= 15 is 0 Å². The zero-order valence-corrected chi connectivity index (χ0v) is 7.24. The van der Waals surface area contributed by atoms with Gasteiger partial charge >= 0.3 is 0 Å². The highest BCUT2D eigenvalue weighted by Gasteiger charge is 2.01. The maximum absolute atomic E-state index is 11.4. The number of H-pyrrole nitrogens is 1. The first-order valence-corrected chi connectivity index (χ1v) is 3.97. The second-order valence-electron chi connectivity index (χ2n) is 2.83. The summed E-state index contributed by atoms with van der Waals surface area (Å²) in [5.41, 5.74) is 6.31. The van der Waals surface area contributed by atoms with Crippen molar-refractivity contribution in [2.75, 3.05) is 5.73 Å². The lowest BCUT2D eigenvalue weighted by Gasteiger charge is -1.98. The number of benzene rings is 1. The lowest BCUT2D eigenvalue weighted by atomic mass is 10.1. The first kappa shape index (κ1) is 8.32. The molecule has 1 aromatic heterocycles. The number of aromatic nitrogens is 2. The summed E-state index contributed by atoms with van der Waals surface area (Å²) < 4.78 is 0. The van der Waals surface area contributed by atoms with Crippen LogP contribution in [-0.2, 0) is 0 Å². The van der Waals surface area contributed by atoms with E-state index in [4.69, 9.17) is 12.2 Å². The molecule has 0 spiro atoms. The Morgan fingerprint density at radius 2 is 2.29 bits per heavy atom. The Morgan fingerprint density at radius 3 is 3.00 bits per heavy atom. The zero-order chi connectivity index (χ0) is 10.1. The molecule has 0 unspecified atom stereocenters. The van der Waals surface area contributed by atoms with Crippen molar-refractivity contribution >= 4 is 16.9 Å². The summed E-state index contributed by atoms with van der Waals surface area (Å²) >= 11 is 0. The number of aromatic amines is 1. The van der Waals surface area contributed by atoms with Gasteiger partial charge in [-0.3, -0.25) is 9.78 Å². The van der Waals surface area contributed by atoms with Crippen LogP contribution in [0.2, 0.25) is 0 Å². The number of nitrogen functional groups attached to an aromatic ring is 1. The molecule has 4 heteroatoms. The van der Waals surface area contributed by atoms with Crippen LogP contribution in [-0.4, -0.2) is 9.97 Å². The fourth-order valence-corrected chi connectivity index (χ4v) is 1.25. The van der Waals surface area contributed by atoms with Crippen LogP contribution in [0.15, 0.2) is 23.0 Å². The van der Waals surface area contributed by atoms with Crippen molar-refractivity contribution < 1.29 is 0 Å². The minimum atomic E-state index is -0.274. The van der Waals surface area contributed by atoms with Gasteiger partial charge in [0.15, 0.2) is 0 Å². The SMILES string of the molecule is C#Cc1ccc2nc(N)[nH]c(=O)c2c1. The Bertz CT molecular complexity index is 592. The molecule has 0 radical (unpaired) electrons. The van der Waals surface area contributed by atoms with E-state index in [9.17, 15) is 4.79 Å². The van der Waals surface area contributed by atoms with E-state index in [1.165, 1.54) is 0 Å². The fraction of sp³-hybridized carbons (Fsp3) is 0. The van der Waals surface area contributed by atoms with Gasteiger partial charge in [0.05, 0.1) is 10.9 Å². The molecule has 0 aliphatic carbocycles. The summed E-state index contributed by atoms with van der Waals surface area (Å²) in [5.74, 6) is 2.56. The van der Waals surface area contributed by atoms with Gasteiger partial charge in [0, 0.05) is 5.56 Å². The first-order valence-electron chi connectivity index (χ1n) is 3.97. The van der Waals surface area contributed by atoms with Gasteiger partial charge in [0.25, 0.3) is 5.56 Å². The molecule has 0 amide bonds. The average Bonchev–Trinajstić information content (AvgIpc) is 2.17. The average molecular weight is 185 g/mol. The number of hydrogen-bond donors (Lipinski definition) is 2. The van der Waals surface area contributed by atoms with E-state index in [0.29, 0.717) is 16.5 Å². The molecule has 2 rings (SSSR count). The first-order chi connectivity index (χ1) is 6.70. The van der Waals surface area contributed by atoms with Crippen molar-refractivity contribution in [2.45, 2.75) is 0 Å². The van der Waals surface area contributed by atoms with Crippen molar-refractivity contribution in [3.63, 3.8) is 0 Å². The van der Waals surface area contributed by atoms with Crippen LogP contribution < -0.4 is 11.3 Å². The molecule has 2 aromatic rings. The molecule has 0 aliphatic heterocycles. The molecular weight excluding hydrogens is 178 g/mol. The van der Waals surface area contributed by atoms with Crippen LogP contribution in [0.25, 0.3) is 10.9 Å². The topological polar surface area (TPSA) is 71.8 Å². The number of terminal acetylenes is 1. The third-order valence-corrected chi connectivity index (χ3v) is 1.89. The highest BCUT2D eigenvalue weighted by Crippen LogP contribution is 2.09. The van der Waals surface area contributed by atoms with E-state index < -0.39 is 0 Å². The van der Waals surface area contributed by atoms with Gasteiger partial charge in [-0.15, -0.1) is 6.42 Å². The summed E-state index contributed by atoms with van der Waals surface area (Å²) in [6, 6.07) is 5.00. The number of nitrogens with zero attached hydrogens (tertiary/aromatic N) is 1. The Kier molecular flexibility index (Phi) is 1.72. The fourth-order valence-electron chi connectivity index (χ4n) is 1.25. The van der Waals surface area contributed by atoms with Crippen LogP contribution in [0, 0.1) is 12.3 Å². The molecule has 0 aliphatic rings. The summed E-state index contributed by atoms with van der Waals surface area (Å²) in [6.07, 6.45) is 5.21. The zero-order valence-electron chi connectivity index (χ0n) is 7.24. The number of hydrogen-bond acceptors (Lipinski definition) is 3. The van der Waals surface area contributed by atoms with Crippen molar-refractivity contribution in [3.05, 3.63) is 34.1 Å². The molecule has 14 heavy (non-hydrogen) atoms. The largest absolute Gasteiger partial charge is 0.369 e. The standard InChI is InChI=1S/C10H7N3O/c1-2-6-3-4-8-7(5-6)9(14)13-10(11)12-8/h1,3-5H,(H3,11,12,13,14). The molecule has 0 saturated heterocycles. The number of fused-ring (bicyclic) bond motifs is 1. The number of nitrogens with two attached hydrogens (primary N) is 1. The Balaban J connectivity index is 2.91. The van der Waals surface area contributed by atoms with Crippen molar-refractivity contribution in [3.8, 4) is 12.3 Å². The predicted octanol–water partition coefficient (Wildman–Crippen LogP) is 0.487. The minimum absolute atomic E-state index is 0.107. The van der Waals surface area contributed by atoms with E-state index in [-0.39, 0.29) is 11.5 Å². The lowest BCUT2D eigenvalue weighted by Crippen LogP contribution is -2.11. The summed E-state index contributed by atoms with van der Waals surface area (Å²) in [4.78, 5) is 17.8. The Labute approximate surface area is 79.8 Å². The molecular formula is C10H7N3O. The highest BCUT2D eigenvalue weighted by molar-refractivity contribution is 5.79. The molecule has 1 aromatic carbocycles.